The number of allylic oxidation sites excluding steroid dienone is 1. The highest BCUT2D eigenvalue weighted by molar-refractivity contribution is 6.10. The number of Topliss-reactive ketones (excluding diaryl/α,β-unsaturated/α-hetero) is 3. The molecule has 2 N–H and O–H groups in total. The van der Waals surface area contributed by atoms with E-state index >= 15 is 0 Å². The van der Waals surface area contributed by atoms with Crippen LogP contribution in [0.25, 0.3) is 0 Å². The summed E-state index contributed by atoms with van der Waals surface area (Å²) in [6, 6.07) is -1.14. The third-order valence-corrected chi connectivity index (χ3v) is 3.25. The minimum absolute atomic E-state index is 0.199. The zero-order chi connectivity index (χ0) is 14.1. The third kappa shape index (κ3) is 2.05. The van der Waals surface area contributed by atoms with Gasteiger partial charge in [-0.15, -0.1) is 0 Å². The smallest absolute Gasteiger partial charge is 0.320 e. The molecule has 1 aliphatic heterocycles. The number of aliphatic carboxylic acids is 1. The summed E-state index contributed by atoms with van der Waals surface area (Å²) < 4.78 is 0. The largest absolute Gasteiger partial charge is 0.480 e. The highest BCUT2D eigenvalue weighted by Crippen LogP contribution is 2.36. The highest BCUT2D eigenvalue weighted by Gasteiger charge is 2.54. The third-order valence-electron chi connectivity index (χ3n) is 3.25. The van der Waals surface area contributed by atoms with E-state index < -0.39 is 29.0 Å². The van der Waals surface area contributed by atoms with E-state index in [2.05, 4.69) is 5.32 Å². The van der Waals surface area contributed by atoms with Gasteiger partial charge in [0.1, 0.15) is 11.8 Å². The topological polar surface area (TPSA) is 101 Å². The van der Waals surface area contributed by atoms with Gasteiger partial charge in [0.2, 0.25) is 0 Å². The van der Waals surface area contributed by atoms with Crippen molar-refractivity contribution in [1.29, 1.82) is 0 Å². The van der Waals surface area contributed by atoms with Crippen LogP contribution in [0.15, 0.2) is 11.8 Å². The van der Waals surface area contributed by atoms with Crippen molar-refractivity contribution in [2.75, 3.05) is 0 Å². The molecule has 1 heterocycles. The van der Waals surface area contributed by atoms with Gasteiger partial charge in [-0.2, -0.15) is 0 Å². The lowest BCUT2D eigenvalue weighted by molar-refractivity contribution is -0.159. The lowest BCUT2D eigenvalue weighted by Crippen LogP contribution is -2.59. The Balaban J connectivity index is 3.37. The van der Waals surface area contributed by atoms with Gasteiger partial charge >= 0.3 is 5.97 Å². The van der Waals surface area contributed by atoms with Crippen molar-refractivity contribution in [2.24, 2.45) is 5.41 Å². The Labute approximate surface area is 104 Å². The van der Waals surface area contributed by atoms with Gasteiger partial charge in [-0.05, 0) is 20.8 Å². The fourth-order valence-electron chi connectivity index (χ4n) is 2.15. The summed E-state index contributed by atoms with van der Waals surface area (Å²) in [7, 11) is 0. The number of carbonyl (C=O) groups excluding carboxylic acids is 3. The van der Waals surface area contributed by atoms with E-state index in [1.165, 1.54) is 20.0 Å². The molecule has 2 atom stereocenters. The number of carboxylic acid groups (broad SMARTS) is 1. The number of hydrogen-bond acceptors (Lipinski definition) is 5. The van der Waals surface area contributed by atoms with Crippen LogP contribution in [0.4, 0.5) is 0 Å². The van der Waals surface area contributed by atoms with E-state index in [4.69, 9.17) is 0 Å². The predicted octanol–water partition coefficient (Wildman–Crippen LogP) is 0.0702. The summed E-state index contributed by atoms with van der Waals surface area (Å²) in [5.41, 5.74) is -1.70. The quantitative estimate of drug-likeness (QED) is 0.688. The summed E-state index contributed by atoms with van der Waals surface area (Å²) in [6.45, 7) is 3.62. The Kier molecular flexibility index (Phi) is 3.69. The summed E-state index contributed by atoms with van der Waals surface area (Å²) in [4.78, 5) is 46.0. The van der Waals surface area contributed by atoms with Gasteiger partial charge in [0, 0.05) is 18.2 Å². The van der Waals surface area contributed by atoms with Gasteiger partial charge in [-0.25, -0.2) is 0 Å². The van der Waals surface area contributed by atoms with Crippen molar-refractivity contribution in [3.63, 3.8) is 0 Å². The molecule has 0 aromatic rings. The van der Waals surface area contributed by atoms with Gasteiger partial charge in [0.15, 0.2) is 17.0 Å². The van der Waals surface area contributed by atoms with Crippen molar-refractivity contribution in [3.8, 4) is 0 Å². The van der Waals surface area contributed by atoms with Crippen LogP contribution < -0.4 is 5.32 Å². The monoisotopic (exact) mass is 253 g/mol. The van der Waals surface area contributed by atoms with E-state index in [0.717, 1.165) is 6.92 Å². The predicted molar refractivity (Wildman–Crippen MR) is 61.7 cm³/mol. The fraction of sp³-hybridized carbons (Fsp3) is 0.500. The molecule has 0 saturated carbocycles. The number of ketones is 3. The van der Waals surface area contributed by atoms with Gasteiger partial charge < -0.3 is 10.4 Å². The normalized spacial score (nSPS) is 26.8. The molecule has 2 unspecified atom stereocenters. The number of nitrogens with one attached hydrogen (secondary N) is 1. The van der Waals surface area contributed by atoms with E-state index in [0.29, 0.717) is 0 Å². The van der Waals surface area contributed by atoms with E-state index in [9.17, 15) is 24.3 Å². The molecular weight excluding hydrogens is 238 g/mol. The Morgan fingerprint density at radius 2 is 1.83 bits per heavy atom. The van der Waals surface area contributed by atoms with Crippen molar-refractivity contribution in [2.45, 2.75) is 33.2 Å². The van der Waals surface area contributed by atoms with Crippen molar-refractivity contribution in [3.05, 3.63) is 11.8 Å². The second kappa shape index (κ2) is 4.72. The molecule has 0 spiro atoms. The first kappa shape index (κ1) is 14.1. The van der Waals surface area contributed by atoms with Crippen LogP contribution in [0.1, 0.15) is 27.2 Å². The molecule has 0 amide bonds. The molecule has 6 heteroatoms. The fourth-order valence-corrected chi connectivity index (χ4v) is 2.15. The lowest BCUT2D eigenvalue weighted by atomic mass is 9.69. The van der Waals surface area contributed by atoms with Crippen molar-refractivity contribution in [1.82, 2.24) is 5.32 Å². The van der Waals surface area contributed by atoms with E-state index in [1.54, 1.807) is 0 Å². The molecular formula is C12H15NO5. The maximum absolute atomic E-state index is 11.7. The zero-order valence-corrected chi connectivity index (χ0v) is 10.4. The maximum atomic E-state index is 11.7. The van der Waals surface area contributed by atoms with E-state index in [1.807, 2.05) is 0 Å². The van der Waals surface area contributed by atoms with Gasteiger partial charge in [-0.3, -0.25) is 19.2 Å². The second-order valence-electron chi connectivity index (χ2n) is 4.45. The molecule has 0 aromatic heterocycles. The molecule has 0 saturated heterocycles. The molecule has 98 valence electrons. The van der Waals surface area contributed by atoms with Crippen LogP contribution in [0, 0.1) is 5.41 Å². The van der Waals surface area contributed by atoms with Crippen LogP contribution >= 0.6 is 0 Å². The van der Waals surface area contributed by atoms with Crippen LogP contribution in [0.2, 0.25) is 0 Å². The van der Waals surface area contributed by atoms with Gasteiger partial charge in [0.05, 0.1) is 0 Å². The number of carboxylic acids is 1. The van der Waals surface area contributed by atoms with Crippen LogP contribution in [-0.4, -0.2) is 34.5 Å². The van der Waals surface area contributed by atoms with E-state index in [-0.39, 0.29) is 17.8 Å². The molecule has 0 bridgehead atoms. The van der Waals surface area contributed by atoms with Crippen molar-refractivity contribution >= 4 is 23.3 Å². The Morgan fingerprint density at radius 3 is 2.17 bits per heavy atom. The zero-order valence-electron chi connectivity index (χ0n) is 10.4. The Morgan fingerprint density at radius 1 is 1.28 bits per heavy atom. The highest BCUT2D eigenvalue weighted by atomic mass is 16.4. The molecule has 1 rings (SSSR count). The first-order chi connectivity index (χ1) is 8.23. The summed E-state index contributed by atoms with van der Waals surface area (Å²) in [5.74, 6) is -2.81. The van der Waals surface area contributed by atoms with Gasteiger partial charge in [-0.1, -0.05) is 0 Å². The Bertz CT molecular complexity index is 449. The average Bonchev–Trinajstić information content (AvgIpc) is 2.26. The molecule has 1 aliphatic rings. The minimum Gasteiger partial charge on any atom is -0.480 e. The van der Waals surface area contributed by atoms with Crippen LogP contribution in [-0.2, 0) is 19.2 Å². The number of rotatable bonds is 4. The minimum atomic E-state index is -1.90. The molecule has 6 nitrogen and oxygen atoms in total. The summed E-state index contributed by atoms with van der Waals surface area (Å²) >= 11 is 0. The maximum Gasteiger partial charge on any atom is 0.320 e. The molecule has 0 aliphatic carbocycles. The average molecular weight is 253 g/mol. The first-order valence-corrected chi connectivity index (χ1v) is 5.44. The Hall–Kier alpha value is -1.98. The molecule has 0 fully saturated rings. The molecule has 0 aromatic carbocycles. The molecule has 0 radical (unpaired) electrons. The van der Waals surface area contributed by atoms with Crippen molar-refractivity contribution < 1.29 is 24.3 Å². The van der Waals surface area contributed by atoms with Crippen LogP contribution in [0.5, 0.6) is 0 Å². The van der Waals surface area contributed by atoms with Crippen LogP contribution in [0.3, 0.4) is 0 Å². The SMILES string of the molecule is CC(=O)C1=CNC(C(C)=O)C(C(C)=O)(C(=O)O)C1. The standard InChI is InChI=1S/C12H15NO5/c1-6(14)9-4-12(8(3)16,11(17)18)10(7(2)15)13-5-9/h5,10,13H,4H2,1-3H3,(H,17,18). The lowest BCUT2D eigenvalue weighted by Gasteiger charge is -2.37. The summed E-state index contributed by atoms with van der Waals surface area (Å²) in [5, 5.41) is 11.9. The first-order valence-electron chi connectivity index (χ1n) is 5.44. The second-order valence-corrected chi connectivity index (χ2v) is 4.45. The number of hydrogen-bond donors (Lipinski definition) is 2. The number of carbonyl (C=O) groups is 4. The van der Waals surface area contributed by atoms with Gasteiger partial charge in [0.25, 0.3) is 0 Å². The summed E-state index contributed by atoms with van der Waals surface area (Å²) in [6.07, 6.45) is 1.06. The molecule has 18 heavy (non-hydrogen) atoms.